The molecule has 1 aromatic carbocycles. The van der Waals surface area contributed by atoms with Gasteiger partial charge in [0.25, 0.3) is 5.91 Å². The second-order valence-electron chi connectivity index (χ2n) is 8.00. The van der Waals surface area contributed by atoms with Crippen LogP contribution in [0.25, 0.3) is 0 Å². The van der Waals surface area contributed by atoms with Gasteiger partial charge in [-0.25, -0.2) is 9.97 Å². The van der Waals surface area contributed by atoms with Gasteiger partial charge in [-0.1, -0.05) is 12.1 Å². The van der Waals surface area contributed by atoms with Crippen LogP contribution >= 0.6 is 0 Å². The number of benzene rings is 1. The molecular weight excluding hydrogens is 449 g/mol. The van der Waals surface area contributed by atoms with E-state index in [0.29, 0.717) is 24.2 Å². The van der Waals surface area contributed by atoms with Crippen molar-refractivity contribution in [2.75, 3.05) is 5.32 Å². The van der Waals surface area contributed by atoms with Crippen molar-refractivity contribution in [1.82, 2.24) is 25.6 Å². The Morgan fingerprint density at radius 1 is 1.03 bits per heavy atom. The number of carbonyl (C=O) groups excluding carboxylic acids is 2. The fourth-order valence-electron chi connectivity index (χ4n) is 3.38. The van der Waals surface area contributed by atoms with Crippen LogP contribution in [0, 0.1) is 0 Å². The number of hydrogen-bond donors (Lipinski definition) is 3. The van der Waals surface area contributed by atoms with Gasteiger partial charge < -0.3 is 16.0 Å². The Balaban J connectivity index is 1.38. The van der Waals surface area contributed by atoms with Crippen LogP contribution in [0.1, 0.15) is 47.4 Å². The van der Waals surface area contributed by atoms with Gasteiger partial charge in [-0.15, -0.1) is 0 Å². The first-order chi connectivity index (χ1) is 16.2. The number of pyridine rings is 1. The van der Waals surface area contributed by atoms with E-state index in [1.165, 1.54) is 43.1 Å². The molecule has 1 unspecified atom stereocenters. The maximum atomic E-state index is 13.2. The summed E-state index contributed by atoms with van der Waals surface area (Å²) in [7, 11) is 0. The van der Waals surface area contributed by atoms with Crippen LogP contribution < -0.4 is 16.0 Å². The van der Waals surface area contributed by atoms with Gasteiger partial charge >= 0.3 is 6.18 Å². The minimum Gasteiger partial charge on any atom is -0.354 e. The standard InChI is InChI=1S/C23H21F3N6O2/c1-14(30-21(34)22(8-9-22)32-20(33)15-10-27-13-28-11-15)18-7-6-16(12-29-18)31-19-5-3-2-4-17(19)23(24,25)26/h2-7,10-14,31H,8-9H2,1H3,(H,30,34)(H,32,33). The zero-order chi connectivity index (χ0) is 24.3. The van der Waals surface area contributed by atoms with E-state index in [0.717, 1.165) is 6.07 Å². The Hall–Kier alpha value is -4.02. The second-order valence-corrected chi connectivity index (χ2v) is 8.00. The summed E-state index contributed by atoms with van der Waals surface area (Å²) >= 11 is 0. The van der Waals surface area contributed by atoms with Gasteiger partial charge in [0, 0.05) is 12.4 Å². The lowest BCUT2D eigenvalue weighted by Crippen LogP contribution is -2.49. The zero-order valence-corrected chi connectivity index (χ0v) is 18.1. The molecule has 8 nitrogen and oxygen atoms in total. The molecule has 34 heavy (non-hydrogen) atoms. The van der Waals surface area contributed by atoms with E-state index in [1.54, 1.807) is 19.1 Å². The molecular formula is C23H21F3N6O2. The van der Waals surface area contributed by atoms with Crippen LogP contribution in [-0.4, -0.2) is 32.3 Å². The van der Waals surface area contributed by atoms with E-state index in [9.17, 15) is 22.8 Å². The van der Waals surface area contributed by atoms with Crippen molar-refractivity contribution in [1.29, 1.82) is 0 Å². The smallest absolute Gasteiger partial charge is 0.354 e. The van der Waals surface area contributed by atoms with Gasteiger partial charge in [0.15, 0.2) is 0 Å². The van der Waals surface area contributed by atoms with Crippen LogP contribution in [0.15, 0.2) is 61.3 Å². The molecule has 11 heteroatoms. The van der Waals surface area contributed by atoms with E-state index in [-0.39, 0.29) is 17.2 Å². The maximum absolute atomic E-state index is 13.2. The predicted octanol–water partition coefficient (Wildman–Crippen LogP) is 3.77. The van der Waals surface area contributed by atoms with Crippen molar-refractivity contribution in [2.24, 2.45) is 0 Å². The topological polar surface area (TPSA) is 109 Å². The first-order valence-electron chi connectivity index (χ1n) is 10.5. The molecule has 1 aliphatic carbocycles. The molecule has 0 bridgehead atoms. The van der Waals surface area contributed by atoms with Crippen molar-refractivity contribution in [3.8, 4) is 0 Å². The predicted molar refractivity (Wildman–Crippen MR) is 117 cm³/mol. The summed E-state index contributed by atoms with van der Waals surface area (Å²) in [5.74, 6) is -0.776. The molecule has 2 heterocycles. The number of para-hydroxylation sites is 1. The van der Waals surface area contributed by atoms with E-state index in [1.807, 2.05) is 0 Å². The number of halogens is 3. The Morgan fingerprint density at radius 3 is 2.35 bits per heavy atom. The monoisotopic (exact) mass is 470 g/mol. The number of carbonyl (C=O) groups is 2. The van der Waals surface area contributed by atoms with Gasteiger partial charge in [-0.05, 0) is 44.0 Å². The van der Waals surface area contributed by atoms with Gasteiger partial charge in [0.2, 0.25) is 5.91 Å². The van der Waals surface area contributed by atoms with Crippen LogP contribution in [0.2, 0.25) is 0 Å². The largest absolute Gasteiger partial charge is 0.418 e. The Kier molecular flexibility index (Phi) is 6.18. The summed E-state index contributed by atoms with van der Waals surface area (Å²) in [6.07, 6.45) is 1.95. The lowest BCUT2D eigenvalue weighted by molar-refractivity contribution is -0.137. The molecule has 1 atom stereocenters. The van der Waals surface area contributed by atoms with Crippen LogP contribution in [0.4, 0.5) is 24.5 Å². The summed E-state index contributed by atoms with van der Waals surface area (Å²) in [6.45, 7) is 1.73. The van der Waals surface area contributed by atoms with Crippen LogP contribution in [0.5, 0.6) is 0 Å². The van der Waals surface area contributed by atoms with Gasteiger partial charge in [0.05, 0.1) is 40.4 Å². The third-order valence-electron chi connectivity index (χ3n) is 5.45. The zero-order valence-electron chi connectivity index (χ0n) is 18.1. The molecule has 1 saturated carbocycles. The Labute approximate surface area is 193 Å². The SMILES string of the molecule is CC(NC(=O)C1(NC(=O)c2cncnc2)CC1)c1ccc(Nc2ccccc2C(F)(F)F)cn1. The van der Waals surface area contributed by atoms with Crippen molar-refractivity contribution in [3.63, 3.8) is 0 Å². The normalized spacial score (nSPS) is 15.2. The number of anilines is 2. The molecule has 0 saturated heterocycles. The minimum atomic E-state index is -4.49. The summed E-state index contributed by atoms with van der Waals surface area (Å²) in [5, 5.41) is 8.31. The second kappa shape index (κ2) is 9.08. The summed E-state index contributed by atoms with van der Waals surface area (Å²) in [5.41, 5.74) is -0.716. The highest BCUT2D eigenvalue weighted by Crippen LogP contribution is 2.37. The average Bonchev–Trinajstić information content (AvgIpc) is 3.60. The highest BCUT2D eigenvalue weighted by Gasteiger charge is 2.51. The number of alkyl halides is 3. The number of amides is 2. The van der Waals surface area contributed by atoms with Crippen molar-refractivity contribution in [3.05, 3.63) is 78.1 Å². The Bertz CT molecular complexity index is 1180. The molecule has 3 N–H and O–H groups in total. The maximum Gasteiger partial charge on any atom is 0.418 e. The Morgan fingerprint density at radius 2 is 1.74 bits per heavy atom. The fourth-order valence-corrected chi connectivity index (χ4v) is 3.38. The van der Waals surface area contributed by atoms with Crippen LogP contribution in [-0.2, 0) is 11.0 Å². The van der Waals surface area contributed by atoms with Crippen molar-refractivity contribution < 1.29 is 22.8 Å². The van der Waals surface area contributed by atoms with Crippen LogP contribution in [0.3, 0.4) is 0 Å². The number of nitrogens with zero attached hydrogens (tertiary/aromatic N) is 3. The summed E-state index contributed by atoms with van der Waals surface area (Å²) < 4.78 is 39.6. The molecule has 2 aromatic heterocycles. The van der Waals surface area contributed by atoms with Gasteiger partial charge in [-0.3, -0.25) is 14.6 Å². The first kappa shape index (κ1) is 23.1. The molecule has 0 radical (unpaired) electrons. The number of hydrogen-bond acceptors (Lipinski definition) is 6. The minimum absolute atomic E-state index is 0.0823. The summed E-state index contributed by atoms with van der Waals surface area (Å²) in [6, 6.07) is 7.88. The van der Waals surface area contributed by atoms with E-state index >= 15 is 0 Å². The number of aromatic nitrogens is 3. The molecule has 176 valence electrons. The first-order valence-corrected chi connectivity index (χ1v) is 10.5. The third-order valence-corrected chi connectivity index (χ3v) is 5.45. The van der Waals surface area contributed by atoms with Gasteiger partial charge in [-0.2, -0.15) is 13.2 Å². The van der Waals surface area contributed by atoms with E-state index in [4.69, 9.17) is 0 Å². The summed E-state index contributed by atoms with van der Waals surface area (Å²) in [4.78, 5) is 37.1. The van der Waals surface area contributed by atoms with Crippen molar-refractivity contribution in [2.45, 2.75) is 37.5 Å². The number of rotatable bonds is 7. The van der Waals surface area contributed by atoms with Crippen molar-refractivity contribution >= 4 is 23.2 Å². The lowest BCUT2D eigenvalue weighted by Gasteiger charge is -2.21. The molecule has 3 aromatic rings. The lowest BCUT2D eigenvalue weighted by atomic mass is 10.1. The molecule has 0 spiro atoms. The third kappa shape index (κ3) is 5.13. The molecule has 4 rings (SSSR count). The molecule has 0 aliphatic heterocycles. The fraction of sp³-hybridized carbons (Fsp3) is 0.261. The average molecular weight is 470 g/mol. The van der Waals surface area contributed by atoms with Gasteiger partial charge in [0.1, 0.15) is 11.9 Å². The number of nitrogens with one attached hydrogen (secondary N) is 3. The molecule has 1 fully saturated rings. The quantitative estimate of drug-likeness (QED) is 0.485. The molecule has 2 amide bonds. The molecule has 1 aliphatic rings. The van der Waals surface area contributed by atoms with E-state index < -0.39 is 29.2 Å². The highest BCUT2D eigenvalue weighted by molar-refractivity contribution is 6.00. The van der Waals surface area contributed by atoms with E-state index in [2.05, 4.69) is 30.9 Å². The highest BCUT2D eigenvalue weighted by atomic mass is 19.4.